The second-order valence-electron chi connectivity index (χ2n) is 7.95. The van der Waals surface area contributed by atoms with Gasteiger partial charge in [-0.25, -0.2) is 4.99 Å². The molecule has 0 radical (unpaired) electrons. The predicted octanol–water partition coefficient (Wildman–Crippen LogP) is 2.32. The van der Waals surface area contributed by atoms with Crippen molar-refractivity contribution in [1.82, 2.24) is 19.7 Å². The molecule has 2 saturated heterocycles. The number of rotatable bonds is 6. The van der Waals surface area contributed by atoms with Crippen molar-refractivity contribution in [2.75, 3.05) is 46.3 Å². The van der Waals surface area contributed by atoms with Gasteiger partial charge >= 0.3 is 0 Å². The van der Waals surface area contributed by atoms with E-state index in [2.05, 4.69) is 56.9 Å². The fourth-order valence-electron chi connectivity index (χ4n) is 4.06. The van der Waals surface area contributed by atoms with E-state index in [9.17, 15) is 0 Å². The minimum Gasteiger partial charge on any atom is -0.387 e. The lowest BCUT2D eigenvalue weighted by Gasteiger charge is -2.34. The van der Waals surface area contributed by atoms with Crippen LogP contribution in [0.2, 0.25) is 0 Å². The Kier molecular flexibility index (Phi) is 6.85. The van der Waals surface area contributed by atoms with Crippen LogP contribution in [-0.2, 0) is 0 Å². The number of likely N-dealkylation sites (N-methyl/N-ethyl adjacent to an activating group) is 1. The van der Waals surface area contributed by atoms with Gasteiger partial charge in [-0.05, 0) is 57.5 Å². The monoisotopic (exact) mass is 370 g/mol. The molecule has 2 aliphatic rings. The molecule has 2 unspecified atom stereocenters. The number of piperazine rings is 1. The minimum atomic E-state index is 0.409. The maximum atomic E-state index is 5.92. The standard InChI is InChI=1S/C21H34N6/c1-17(15-21(24-18(2)22)26-13-11-25(3)12-14-26)16-27-10-6-8-20(27)19-7-4-5-9-23-19/h4-5,7,9,15,17,20H,6,8,10-14,16H2,1-3H3,(H2,22,24)/b21-15+. The van der Waals surface area contributed by atoms with E-state index in [1.165, 1.54) is 18.5 Å². The SMILES string of the molecule is CC(N)=N/C(=C\C(C)CN1CCCC1c1ccccn1)N1CCN(C)CC1. The summed E-state index contributed by atoms with van der Waals surface area (Å²) in [6, 6.07) is 6.67. The molecule has 6 nitrogen and oxygen atoms in total. The number of likely N-dealkylation sites (tertiary alicyclic amines) is 1. The first-order valence-corrected chi connectivity index (χ1v) is 10.1. The third kappa shape index (κ3) is 5.53. The second-order valence-corrected chi connectivity index (χ2v) is 7.95. The molecule has 2 atom stereocenters. The molecule has 148 valence electrons. The van der Waals surface area contributed by atoms with Gasteiger partial charge in [-0.15, -0.1) is 0 Å². The van der Waals surface area contributed by atoms with Gasteiger partial charge in [-0.2, -0.15) is 0 Å². The molecule has 6 heteroatoms. The molecule has 0 aliphatic carbocycles. The van der Waals surface area contributed by atoms with Crippen molar-refractivity contribution in [2.45, 2.75) is 32.7 Å². The van der Waals surface area contributed by atoms with Gasteiger partial charge in [0.05, 0.1) is 17.6 Å². The summed E-state index contributed by atoms with van der Waals surface area (Å²) < 4.78 is 0. The Labute approximate surface area is 163 Å². The van der Waals surface area contributed by atoms with Gasteiger partial charge in [0.2, 0.25) is 0 Å². The lowest BCUT2D eigenvalue weighted by Crippen LogP contribution is -2.44. The molecule has 0 saturated carbocycles. The highest BCUT2D eigenvalue weighted by molar-refractivity contribution is 5.78. The Hall–Kier alpha value is -1.92. The molecule has 1 aromatic rings. The summed E-state index contributed by atoms with van der Waals surface area (Å²) in [7, 11) is 2.17. The molecule has 2 N–H and O–H groups in total. The van der Waals surface area contributed by atoms with Crippen molar-refractivity contribution in [2.24, 2.45) is 16.6 Å². The third-order valence-corrected chi connectivity index (χ3v) is 5.47. The van der Waals surface area contributed by atoms with Crippen LogP contribution in [0.4, 0.5) is 0 Å². The van der Waals surface area contributed by atoms with E-state index in [0.29, 0.717) is 17.8 Å². The van der Waals surface area contributed by atoms with Crippen LogP contribution < -0.4 is 5.73 Å². The van der Waals surface area contributed by atoms with Crippen molar-refractivity contribution < 1.29 is 0 Å². The van der Waals surface area contributed by atoms with Crippen molar-refractivity contribution >= 4 is 5.84 Å². The molecular weight excluding hydrogens is 336 g/mol. The van der Waals surface area contributed by atoms with Gasteiger partial charge < -0.3 is 15.5 Å². The molecule has 0 spiro atoms. The number of pyridine rings is 1. The molecule has 27 heavy (non-hydrogen) atoms. The Balaban J connectivity index is 1.68. The Morgan fingerprint density at radius 2 is 2.07 bits per heavy atom. The van der Waals surface area contributed by atoms with E-state index in [1.807, 2.05) is 19.2 Å². The summed E-state index contributed by atoms with van der Waals surface area (Å²) >= 11 is 0. The van der Waals surface area contributed by atoms with Gasteiger partial charge in [-0.1, -0.05) is 13.0 Å². The van der Waals surface area contributed by atoms with Crippen molar-refractivity contribution in [3.63, 3.8) is 0 Å². The highest BCUT2D eigenvalue weighted by Crippen LogP contribution is 2.31. The van der Waals surface area contributed by atoms with Crippen LogP contribution in [0.25, 0.3) is 0 Å². The van der Waals surface area contributed by atoms with Crippen LogP contribution >= 0.6 is 0 Å². The van der Waals surface area contributed by atoms with E-state index in [0.717, 1.165) is 45.1 Å². The second kappa shape index (κ2) is 9.33. The molecule has 0 bridgehead atoms. The average Bonchev–Trinajstić information content (AvgIpc) is 3.10. The van der Waals surface area contributed by atoms with E-state index >= 15 is 0 Å². The Morgan fingerprint density at radius 1 is 1.30 bits per heavy atom. The highest BCUT2D eigenvalue weighted by atomic mass is 15.3. The zero-order chi connectivity index (χ0) is 19.2. The quantitative estimate of drug-likeness (QED) is 0.615. The van der Waals surface area contributed by atoms with E-state index in [1.54, 1.807) is 0 Å². The summed E-state index contributed by atoms with van der Waals surface area (Å²) in [6.45, 7) is 10.5. The molecular formula is C21H34N6. The van der Waals surface area contributed by atoms with Gasteiger partial charge in [0.15, 0.2) is 0 Å². The van der Waals surface area contributed by atoms with E-state index < -0.39 is 0 Å². The first-order valence-electron chi connectivity index (χ1n) is 10.1. The zero-order valence-electron chi connectivity index (χ0n) is 17.0. The Bertz CT molecular complexity index is 644. The molecule has 2 fully saturated rings. The van der Waals surface area contributed by atoms with Gasteiger partial charge in [-0.3, -0.25) is 9.88 Å². The van der Waals surface area contributed by atoms with Crippen LogP contribution in [0.1, 0.15) is 38.4 Å². The first kappa shape index (κ1) is 19.8. The number of nitrogens with zero attached hydrogens (tertiary/aromatic N) is 5. The van der Waals surface area contributed by atoms with Crippen molar-refractivity contribution in [3.05, 3.63) is 42.0 Å². The highest BCUT2D eigenvalue weighted by Gasteiger charge is 2.28. The van der Waals surface area contributed by atoms with Crippen LogP contribution in [-0.4, -0.2) is 71.8 Å². The lowest BCUT2D eigenvalue weighted by molar-refractivity contribution is 0.183. The first-order chi connectivity index (χ1) is 13.0. The number of hydrogen-bond acceptors (Lipinski definition) is 5. The molecule has 1 aromatic heterocycles. The maximum Gasteiger partial charge on any atom is 0.126 e. The molecule has 3 heterocycles. The van der Waals surface area contributed by atoms with Gasteiger partial charge in [0, 0.05) is 38.9 Å². The van der Waals surface area contributed by atoms with Crippen molar-refractivity contribution in [1.29, 1.82) is 0 Å². The van der Waals surface area contributed by atoms with Gasteiger partial charge in [0.25, 0.3) is 0 Å². The number of aliphatic imine (C=N–C) groups is 1. The van der Waals surface area contributed by atoms with Crippen LogP contribution in [0, 0.1) is 5.92 Å². The average molecular weight is 371 g/mol. The fourth-order valence-corrected chi connectivity index (χ4v) is 4.06. The topological polar surface area (TPSA) is 61.0 Å². The molecule has 0 aromatic carbocycles. The fraction of sp³-hybridized carbons (Fsp3) is 0.619. The van der Waals surface area contributed by atoms with Crippen molar-refractivity contribution in [3.8, 4) is 0 Å². The summed E-state index contributed by atoms with van der Waals surface area (Å²) in [4.78, 5) is 16.5. The van der Waals surface area contributed by atoms with E-state index in [-0.39, 0.29) is 0 Å². The largest absolute Gasteiger partial charge is 0.387 e. The maximum absolute atomic E-state index is 5.92. The number of amidine groups is 1. The molecule has 2 aliphatic heterocycles. The zero-order valence-corrected chi connectivity index (χ0v) is 17.0. The summed E-state index contributed by atoms with van der Waals surface area (Å²) in [5, 5.41) is 0. The predicted molar refractivity (Wildman–Crippen MR) is 111 cm³/mol. The summed E-state index contributed by atoms with van der Waals surface area (Å²) in [6.07, 6.45) is 6.64. The molecule has 3 rings (SSSR count). The van der Waals surface area contributed by atoms with Crippen LogP contribution in [0.3, 0.4) is 0 Å². The van der Waals surface area contributed by atoms with Crippen LogP contribution in [0.5, 0.6) is 0 Å². The number of aromatic nitrogens is 1. The Morgan fingerprint density at radius 3 is 2.74 bits per heavy atom. The minimum absolute atomic E-state index is 0.409. The smallest absolute Gasteiger partial charge is 0.126 e. The van der Waals surface area contributed by atoms with Crippen LogP contribution in [0.15, 0.2) is 41.3 Å². The van der Waals surface area contributed by atoms with Gasteiger partial charge in [0.1, 0.15) is 5.82 Å². The summed E-state index contributed by atoms with van der Waals surface area (Å²) in [5.41, 5.74) is 7.11. The lowest BCUT2D eigenvalue weighted by atomic mass is 10.1. The molecule has 0 amide bonds. The number of nitrogens with two attached hydrogens (primary N) is 1. The van der Waals surface area contributed by atoms with E-state index in [4.69, 9.17) is 5.73 Å². The summed E-state index contributed by atoms with van der Waals surface area (Å²) in [5.74, 6) is 2.07. The number of hydrogen-bond donors (Lipinski definition) is 1. The normalized spacial score (nSPS) is 24.4. The third-order valence-electron chi connectivity index (χ3n) is 5.47.